The van der Waals surface area contributed by atoms with E-state index in [1.807, 2.05) is 13.8 Å². The van der Waals surface area contributed by atoms with Crippen molar-refractivity contribution in [1.82, 2.24) is 14.1 Å². The Morgan fingerprint density at radius 2 is 1.68 bits per heavy atom. The van der Waals surface area contributed by atoms with Crippen LogP contribution in [0.2, 0.25) is 0 Å². The third-order valence-electron chi connectivity index (χ3n) is 6.10. The average molecular weight is 451 g/mol. The molecule has 0 radical (unpaired) electrons. The Hall–Kier alpha value is -1.97. The van der Waals surface area contributed by atoms with Crippen LogP contribution in [-0.2, 0) is 26.0 Å². The molecule has 0 saturated carbocycles. The molecule has 9 heteroatoms. The molecule has 0 aromatic heterocycles. The Labute approximate surface area is 185 Å². The minimum absolute atomic E-state index is 0.0103. The summed E-state index contributed by atoms with van der Waals surface area (Å²) in [4.78, 5) is 30.8. The van der Waals surface area contributed by atoms with Crippen molar-refractivity contribution in [2.75, 3.05) is 57.8 Å². The summed E-state index contributed by atoms with van der Waals surface area (Å²) in [5, 5.41) is 0. The highest BCUT2D eigenvalue weighted by atomic mass is 32.2. The van der Waals surface area contributed by atoms with Crippen molar-refractivity contribution in [2.45, 2.75) is 44.4 Å². The van der Waals surface area contributed by atoms with Gasteiger partial charge in [-0.25, -0.2) is 8.42 Å². The van der Waals surface area contributed by atoms with Gasteiger partial charge in [-0.1, -0.05) is 0 Å². The summed E-state index contributed by atoms with van der Waals surface area (Å²) < 4.78 is 27.3. The molecular weight excluding hydrogens is 416 g/mol. The first-order valence-corrected chi connectivity index (χ1v) is 12.6. The summed E-state index contributed by atoms with van der Waals surface area (Å²) in [7, 11) is -1.70. The molecule has 1 saturated heterocycles. The minimum atomic E-state index is -3.48. The Morgan fingerprint density at radius 3 is 2.32 bits per heavy atom. The fourth-order valence-electron chi connectivity index (χ4n) is 4.35. The quantitative estimate of drug-likeness (QED) is 0.600. The molecule has 31 heavy (non-hydrogen) atoms. The van der Waals surface area contributed by atoms with Gasteiger partial charge in [0.25, 0.3) is 0 Å². The second-order valence-corrected chi connectivity index (χ2v) is 10.2. The second kappa shape index (κ2) is 10.1. The lowest BCUT2D eigenvalue weighted by Gasteiger charge is -2.31. The predicted octanol–water partition coefficient (Wildman–Crippen LogP) is 1.55. The fraction of sp³-hybridized carbons (Fsp3) is 0.636. The van der Waals surface area contributed by atoms with E-state index >= 15 is 0 Å². The molecule has 2 heterocycles. The number of hydrogen-bond acceptors (Lipinski definition) is 5. The highest BCUT2D eigenvalue weighted by Gasteiger charge is 2.30. The van der Waals surface area contributed by atoms with Crippen molar-refractivity contribution in [3.63, 3.8) is 0 Å². The van der Waals surface area contributed by atoms with Crippen LogP contribution < -0.4 is 4.90 Å². The number of amides is 2. The minimum Gasteiger partial charge on any atom is -0.342 e. The molecule has 3 rings (SSSR count). The number of carbonyl (C=O) groups excluding carboxylic acids is 2. The van der Waals surface area contributed by atoms with Crippen LogP contribution >= 0.6 is 0 Å². The predicted molar refractivity (Wildman–Crippen MR) is 121 cm³/mol. The van der Waals surface area contributed by atoms with E-state index in [0.29, 0.717) is 37.6 Å². The SMILES string of the molecule is CCN(CC)C(=O)CN(C)CC(=O)N1CCCc2cc(S(=O)(=O)N3CCCC3)ccc21. The summed E-state index contributed by atoms with van der Waals surface area (Å²) in [5.41, 5.74) is 1.67. The number of hydrogen-bond donors (Lipinski definition) is 0. The molecular formula is C22H34N4O4S. The largest absolute Gasteiger partial charge is 0.342 e. The highest BCUT2D eigenvalue weighted by Crippen LogP contribution is 2.31. The summed E-state index contributed by atoms with van der Waals surface area (Å²) in [5.74, 6) is -0.0675. The topological polar surface area (TPSA) is 81.2 Å². The molecule has 1 fully saturated rings. The van der Waals surface area contributed by atoms with Gasteiger partial charge in [0, 0.05) is 38.4 Å². The maximum Gasteiger partial charge on any atom is 0.243 e. The van der Waals surface area contributed by atoms with Crippen LogP contribution in [0.15, 0.2) is 23.1 Å². The number of carbonyl (C=O) groups is 2. The number of fused-ring (bicyclic) bond motifs is 1. The van der Waals surface area contributed by atoms with E-state index < -0.39 is 10.0 Å². The molecule has 0 unspecified atom stereocenters. The van der Waals surface area contributed by atoms with Gasteiger partial charge in [-0.15, -0.1) is 0 Å². The maximum absolute atomic E-state index is 13.0. The molecule has 0 atom stereocenters. The summed E-state index contributed by atoms with van der Waals surface area (Å²) >= 11 is 0. The van der Waals surface area contributed by atoms with E-state index in [1.54, 1.807) is 44.3 Å². The second-order valence-electron chi connectivity index (χ2n) is 8.29. The molecule has 1 aromatic carbocycles. The van der Waals surface area contributed by atoms with Crippen molar-refractivity contribution in [3.8, 4) is 0 Å². The fourth-order valence-corrected chi connectivity index (χ4v) is 5.92. The van der Waals surface area contributed by atoms with Gasteiger partial charge >= 0.3 is 0 Å². The lowest BCUT2D eigenvalue weighted by molar-refractivity contribution is -0.132. The van der Waals surface area contributed by atoms with Crippen molar-refractivity contribution in [3.05, 3.63) is 23.8 Å². The van der Waals surface area contributed by atoms with Gasteiger partial charge in [0.1, 0.15) is 0 Å². The number of sulfonamides is 1. The van der Waals surface area contributed by atoms with Crippen molar-refractivity contribution < 1.29 is 18.0 Å². The van der Waals surface area contributed by atoms with Gasteiger partial charge in [0.05, 0.1) is 18.0 Å². The van der Waals surface area contributed by atoms with Crippen LogP contribution in [-0.4, -0.2) is 87.2 Å². The van der Waals surface area contributed by atoms with E-state index in [-0.39, 0.29) is 24.9 Å². The van der Waals surface area contributed by atoms with Gasteiger partial charge in [-0.05, 0) is 70.3 Å². The van der Waals surface area contributed by atoms with Gasteiger partial charge in [-0.3, -0.25) is 14.5 Å². The number of nitrogens with zero attached hydrogens (tertiary/aromatic N) is 4. The average Bonchev–Trinajstić information content (AvgIpc) is 3.29. The maximum atomic E-state index is 13.0. The summed E-state index contributed by atoms with van der Waals surface area (Å²) in [6, 6.07) is 5.11. The molecule has 2 aliphatic heterocycles. The van der Waals surface area contributed by atoms with Crippen molar-refractivity contribution in [1.29, 1.82) is 0 Å². The normalized spacial score (nSPS) is 17.1. The van der Waals surface area contributed by atoms with E-state index in [0.717, 1.165) is 36.9 Å². The summed E-state index contributed by atoms with van der Waals surface area (Å²) in [6.07, 6.45) is 3.33. The molecule has 0 N–H and O–H groups in total. The van der Waals surface area contributed by atoms with Crippen LogP contribution in [0.3, 0.4) is 0 Å². The number of rotatable bonds is 8. The van der Waals surface area contributed by atoms with Crippen LogP contribution in [0.1, 0.15) is 38.7 Å². The Kier molecular flexibility index (Phi) is 7.72. The molecule has 0 bridgehead atoms. The van der Waals surface area contributed by atoms with Crippen molar-refractivity contribution >= 4 is 27.5 Å². The Bertz CT molecular complexity index is 908. The number of aryl methyl sites for hydroxylation is 1. The molecule has 8 nitrogen and oxygen atoms in total. The van der Waals surface area contributed by atoms with E-state index in [4.69, 9.17) is 0 Å². The molecule has 1 aromatic rings. The first kappa shape index (κ1) is 23.7. The lowest BCUT2D eigenvalue weighted by atomic mass is 10.0. The number of likely N-dealkylation sites (N-methyl/N-ethyl adjacent to an activating group) is 2. The zero-order valence-electron chi connectivity index (χ0n) is 18.8. The number of benzene rings is 1. The third kappa shape index (κ3) is 5.27. The number of anilines is 1. The zero-order valence-corrected chi connectivity index (χ0v) is 19.7. The van der Waals surface area contributed by atoms with Crippen molar-refractivity contribution in [2.24, 2.45) is 0 Å². The molecule has 172 valence electrons. The van der Waals surface area contributed by atoms with Gasteiger partial charge in [-0.2, -0.15) is 4.31 Å². The monoisotopic (exact) mass is 450 g/mol. The zero-order chi connectivity index (χ0) is 22.6. The first-order chi connectivity index (χ1) is 14.8. The van der Waals surface area contributed by atoms with Crippen LogP contribution in [0.5, 0.6) is 0 Å². The Morgan fingerprint density at radius 1 is 1.00 bits per heavy atom. The standard InChI is InChI=1S/C22H34N4O4S/c1-4-24(5-2)21(27)16-23(3)17-22(28)26-14-8-9-18-15-19(10-11-20(18)26)31(29,30)25-12-6-7-13-25/h10-11,15H,4-9,12-14,16-17H2,1-3H3. The van der Waals surface area contributed by atoms with Crippen LogP contribution in [0.4, 0.5) is 5.69 Å². The lowest BCUT2D eigenvalue weighted by Crippen LogP contribution is -2.45. The van der Waals surface area contributed by atoms with Crippen LogP contribution in [0.25, 0.3) is 0 Å². The van der Waals surface area contributed by atoms with E-state index in [9.17, 15) is 18.0 Å². The highest BCUT2D eigenvalue weighted by molar-refractivity contribution is 7.89. The van der Waals surface area contributed by atoms with Gasteiger partial charge in [0.15, 0.2) is 0 Å². The molecule has 2 aliphatic rings. The molecule has 0 aliphatic carbocycles. The van der Waals surface area contributed by atoms with E-state index in [2.05, 4.69) is 0 Å². The van der Waals surface area contributed by atoms with Gasteiger partial charge < -0.3 is 9.80 Å². The van der Waals surface area contributed by atoms with E-state index in [1.165, 1.54) is 0 Å². The smallest absolute Gasteiger partial charge is 0.243 e. The third-order valence-corrected chi connectivity index (χ3v) is 7.99. The summed E-state index contributed by atoms with van der Waals surface area (Å²) in [6.45, 7) is 7.26. The Balaban J connectivity index is 1.71. The molecule has 2 amide bonds. The van der Waals surface area contributed by atoms with Crippen LogP contribution in [0, 0.1) is 0 Å². The molecule has 0 spiro atoms. The van der Waals surface area contributed by atoms with Gasteiger partial charge in [0.2, 0.25) is 21.8 Å². The first-order valence-electron chi connectivity index (χ1n) is 11.2.